The first-order chi connectivity index (χ1) is 9.81. The second-order valence-corrected chi connectivity index (χ2v) is 5.03. The molecule has 0 amide bonds. The van der Waals surface area contributed by atoms with E-state index >= 15 is 0 Å². The van der Waals surface area contributed by atoms with Crippen LogP contribution in [0.1, 0.15) is 5.56 Å². The molecule has 4 rings (SSSR count). The quantitative estimate of drug-likeness (QED) is 0.608. The zero-order chi connectivity index (χ0) is 13.5. The second-order valence-electron chi connectivity index (χ2n) is 4.50. The molecule has 4 aromatic rings. The third-order valence-electron chi connectivity index (χ3n) is 3.21. The van der Waals surface area contributed by atoms with Gasteiger partial charge >= 0.3 is 0 Å². The highest BCUT2D eigenvalue weighted by Crippen LogP contribution is 2.14. The fourth-order valence-electron chi connectivity index (χ4n) is 2.20. The SMILES string of the molecule is O=c1c2[nH]ccc2ncn1Cc1ccc2nsnc2c1. The molecule has 6 nitrogen and oxygen atoms in total. The average Bonchev–Trinajstić information content (AvgIpc) is 3.10. The largest absolute Gasteiger partial charge is 0.355 e. The number of aromatic amines is 1. The standard InChI is InChI=1S/C13H9N5OS/c19-13-12-10(3-4-14-12)15-7-18(13)6-8-1-2-9-11(5-8)17-20-16-9/h1-5,7,14H,6H2. The van der Waals surface area contributed by atoms with E-state index < -0.39 is 0 Å². The van der Waals surface area contributed by atoms with E-state index in [4.69, 9.17) is 0 Å². The van der Waals surface area contributed by atoms with Gasteiger partial charge in [-0.3, -0.25) is 9.36 Å². The van der Waals surface area contributed by atoms with E-state index in [9.17, 15) is 4.79 Å². The van der Waals surface area contributed by atoms with Gasteiger partial charge in [-0.05, 0) is 23.8 Å². The van der Waals surface area contributed by atoms with E-state index in [-0.39, 0.29) is 5.56 Å². The molecule has 0 unspecified atom stereocenters. The van der Waals surface area contributed by atoms with Gasteiger partial charge in [-0.2, -0.15) is 8.75 Å². The van der Waals surface area contributed by atoms with Crippen molar-refractivity contribution < 1.29 is 0 Å². The molecule has 1 aromatic carbocycles. The van der Waals surface area contributed by atoms with Crippen molar-refractivity contribution in [3.8, 4) is 0 Å². The van der Waals surface area contributed by atoms with Crippen molar-refractivity contribution in [1.82, 2.24) is 23.3 Å². The van der Waals surface area contributed by atoms with Crippen molar-refractivity contribution >= 4 is 33.8 Å². The first-order valence-electron chi connectivity index (χ1n) is 6.05. The maximum atomic E-state index is 12.3. The number of hydrogen-bond donors (Lipinski definition) is 1. The summed E-state index contributed by atoms with van der Waals surface area (Å²) in [6.07, 6.45) is 3.29. The minimum absolute atomic E-state index is 0.0727. The Morgan fingerprint density at radius 1 is 1.15 bits per heavy atom. The number of hydrogen-bond acceptors (Lipinski definition) is 5. The van der Waals surface area contributed by atoms with Crippen molar-refractivity contribution in [1.29, 1.82) is 0 Å². The van der Waals surface area contributed by atoms with Crippen molar-refractivity contribution in [3.05, 3.63) is 52.7 Å². The van der Waals surface area contributed by atoms with E-state index in [2.05, 4.69) is 18.7 Å². The van der Waals surface area contributed by atoms with E-state index in [1.165, 1.54) is 11.7 Å². The minimum atomic E-state index is -0.0727. The molecule has 0 aliphatic rings. The van der Waals surface area contributed by atoms with Gasteiger partial charge in [0.15, 0.2) is 0 Å². The summed E-state index contributed by atoms with van der Waals surface area (Å²) in [7, 11) is 0. The topological polar surface area (TPSA) is 76.5 Å². The van der Waals surface area contributed by atoms with Crippen LogP contribution in [0.2, 0.25) is 0 Å². The van der Waals surface area contributed by atoms with E-state index in [1.54, 1.807) is 23.2 Å². The summed E-state index contributed by atoms with van der Waals surface area (Å²) in [6.45, 7) is 0.467. The normalized spacial score (nSPS) is 11.4. The van der Waals surface area contributed by atoms with Gasteiger partial charge in [0.1, 0.15) is 16.6 Å². The molecule has 0 spiro atoms. The minimum Gasteiger partial charge on any atom is -0.355 e. The van der Waals surface area contributed by atoms with Crippen LogP contribution in [0, 0.1) is 0 Å². The first-order valence-corrected chi connectivity index (χ1v) is 6.78. The number of nitrogens with zero attached hydrogens (tertiary/aromatic N) is 4. The van der Waals surface area contributed by atoms with Crippen molar-refractivity contribution in [2.24, 2.45) is 0 Å². The summed E-state index contributed by atoms with van der Waals surface area (Å²) in [4.78, 5) is 19.5. The molecule has 7 heteroatoms. The fraction of sp³-hybridized carbons (Fsp3) is 0.0769. The molecule has 0 atom stereocenters. The molecule has 0 saturated heterocycles. The number of H-pyrrole nitrogens is 1. The fourth-order valence-corrected chi connectivity index (χ4v) is 2.72. The Kier molecular flexibility index (Phi) is 2.40. The monoisotopic (exact) mass is 283 g/mol. The Bertz CT molecular complexity index is 967. The van der Waals surface area contributed by atoms with Gasteiger partial charge in [-0.25, -0.2) is 4.98 Å². The lowest BCUT2D eigenvalue weighted by Crippen LogP contribution is -2.21. The predicted octanol–water partition coefficient (Wildman–Crippen LogP) is 1.78. The molecule has 0 saturated carbocycles. The zero-order valence-corrected chi connectivity index (χ0v) is 11.1. The summed E-state index contributed by atoms with van der Waals surface area (Å²) in [6, 6.07) is 7.60. The van der Waals surface area contributed by atoms with Crippen molar-refractivity contribution in [2.45, 2.75) is 6.54 Å². The van der Waals surface area contributed by atoms with Crippen LogP contribution in [-0.2, 0) is 6.54 Å². The van der Waals surface area contributed by atoms with Gasteiger partial charge < -0.3 is 4.98 Å². The first kappa shape index (κ1) is 11.3. The summed E-state index contributed by atoms with van der Waals surface area (Å²) in [5, 5.41) is 0. The number of fused-ring (bicyclic) bond motifs is 2. The van der Waals surface area contributed by atoms with Crippen LogP contribution >= 0.6 is 11.7 Å². The lowest BCUT2D eigenvalue weighted by atomic mass is 10.2. The maximum absolute atomic E-state index is 12.3. The molecular formula is C13H9N5OS. The summed E-state index contributed by atoms with van der Waals surface area (Å²) in [5.41, 5.74) is 3.88. The number of nitrogens with one attached hydrogen (secondary N) is 1. The van der Waals surface area contributed by atoms with Crippen LogP contribution in [0.25, 0.3) is 22.1 Å². The van der Waals surface area contributed by atoms with E-state index in [0.29, 0.717) is 17.6 Å². The number of aromatic nitrogens is 5. The van der Waals surface area contributed by atoms with E-state index in [1.807, 2.05) is 18.2 Å². The zero-order valence-electron chi connectivity index (χ0n) is 10.3. The Labute approximate surface area is 117 Å². The maximum Gasteiger partial charge on any atom is 0.277 e. The molecule has 3 heterocycles. The number of benzene rings is 1. The highest BCUT2D eigenvalue weighted by molar-refractivity contribution is 7.00. The smallest absolute Gasteiger partial charge is 0.277 e. The number of rotatable bonds is 2. The van der Waals surface area contributed by atoms with Gasteiger partial charge in [0.2, 0.25) is 0 Å². The molecule has 20 heavy (non-hydrogen) atoms. The molecular weight excluding hydrogens is 274 g/mol. The van der Waals surface area contributed by atoms with Crippen LogP contribution in [0.3, 0.4) is 0 Å². The summed E-state index contributed by atoms with van der Waals surface area (Å²) < 4.78 is 9.95. The van der Waals surface area contributed by atoms with Crippen LogP contribution < -0.4 is 5.56 Å². The third-order valence-corrected chi connectivity index (χ3v) is 3.76. The molecule has 0 fully saturated rings. The van der Waals surface area contributed by atoms with Gasteiger partial charge in [0.25, 0.3) is 5.56 Å². The lowest BCUT2D eigenvalue weighted by Gasteiger charge is -2.05. The van der Waals surface area contributed by atoms with Gasteiger partial charge in [-0.15, -0.1) is 0 Å². The third kappa shape index (κ3) is 1.71. The summed E-state index contributed by atoms with van der Waals surface area (Å²) >= 11 is 1.19. The Balaban J connectivity index is 1.79. The molecule has 0 aliphatic heterocycles. The Morgan fingerprint density at radius 3 is 3.00 bits per heavy atom. The van der Waals surface area contributed by atoms with Crippen LogP contribution in [-0.4, -0.2) is 23.3 Å². The highest BCUT2D eigenvalue weighted by atomic mass is 32.1. The molecule has 3 aromatic heterocycles. The highest BCUT2D eigenvalue weighted by Gasteiger charge is 2.06. The molecule has 98 valence electrons. The predicted molar refractivity (Wildman–Crippen MR) is 76.9 cm³/mol. The van der Waals surface area contributed by atoms with E-state index in [0.717, 1.165) is 16.6 Å². The molecule has 0 bridgehead atoms. The Hall–Kier alpha value is -2.54. The van der Waals surface area contributed by atoms with Crippen LogP contribution in [0.5, 0.6) is 0 Å². The second kappa shape index (κ2) is 4.24. The lowest BCUT2D eigenvalue weighted by molar-refractivity contribution is 0.747. The summed E-state index contributed by atoms with van der Waals surface area (Å²) in [5.74, 6) is 0. The van der Waals surface area contributed by atoms with Gasteiger partial charge in [0, 0.05) is 6.20 Å². The average molecular weight is 283 g/mol. The Morgan fingerprint density at radius 2 is 2.05 bits per heavy atom. The molecule has 1 N–H and O–H groups in total. The van der Waals surface area contributed by atoms with Crippen LogP contribution in [0.4, 0.5) is 0 Å². The van der Waals surface area contributed by atoms with Gasteiger partial charge in [0.05, 0.1) is 30.1 Å². The molecule has 0 aliphatic carbocycles. The molecule has 0 radical (unpaired) electrons. The van der Waals surface area contributed by atoms with Gasteiger partial charge in [-0.1, -0.05) is 6.07 Å². The van der Waals surface area contributed by atoms with Crippen molar-refractivity contribution in [3.63, 3.8) is 0 Å². The van der Waals surface area contributed by atoms with Crippen LogP contribution in [0.15, 0.2) is 41.6 Å². The van der Waals surface area contributed by atoms with Crippen molar-refractivity contribution in [2.75, 3.05) is 0 Å².